The lowest BCUT2D eigenvalue weighted by atomic mass is 10.2. The second-order valence-corrected chi connectivity index (χ2v) is 4.06. The van der Waals surface area contributed by atoms with Gasteiger partial charge in [0.1, 0.15) is 0 Å². The Labute approximate surface area is 100 Å². The van der Waals surface area contributed by atoms with Crippen LogP contribution in [0.5, 0.6) is 0 Å². The summed E-state index contributed by atoms with van der Waals surface area (Å²) in [6.07, 6.45) is 0.329. The van der Waals surface area contributed by atoms with Gasteiger partial charge < -0.3 is 19.5 Å². The Morgan fingerprint density at radius 2 is 2.24 bits per heavy atom. The van der Waals surface area contributed by atoms with Crippen LogP contribution in [0.2, 0.25) is 0 Å². The summed E-state index contributed by atoms with van der Waals surface area (Å²) in [5.41, 5.74) is 0. The number of quaternary nitrogens is 1. The van der Waals surface area contributed by atoms with Gasteiger partial charge in [0.2, 0.25) is 6.23 Å². The van der Waals surface area contributed by atoms with Crippen LogP contribution < -0.4 is 5.32 Å². The number of likely N-dealkylation sites (N-methyl/N-ethyl adjacent to an activating group) is 1. The number of hydrogen-bond acceptors (Lipinski definition) is 5. The topological polar surface area (TPSA) is 73.9 Å². The van der Waals surface area contributed by atoms with Gasteiger partial charge in [0.25, 0.3) is 0 Å². The van der Waals surface area contributed by atoms with Crippen molar-refractivity contribution in [2.45, 2.75) is 12.6 Å². The summed E-state index contributed by atoms with van der Waals surface area (Å²) < 4.78 is 14.5. The SMILES string of the molecule is COCOC(=O)C[N+]1(C)C(=O)NCCC1OC. The molecule has 1 fully saturated rings. The Balaban J connectivity index is 2.67. The van der Waals surface area contributed by atoms with E-state index in [2.05, 4.69) is 10.1 Å². The quantitative estimate of drug-likeness (QED) is 0.409. The largest absolute Gasteiger partial charge is 0.434 e. The monoisotopic (exact) mass is 247 g/mol. The smallest absolute Gasteiger partial charge is 0.418 e. The van der Waals surface area contributed by atoms with Gasteiger partial charge >= 0.3 is 12.0 Å². The molecule has 0 saturated carbocycles. The summed E-state index contributed by atoms with van der Waals surface area (Å²) >= 11 is 0. The maximum atomic E-state index is 11.8. The third kappa shape index (κ3) is 3.15. The summed E-state index contributed by atoms with van der Waals surface area (Å²) in [5.74, 6) is -0.492. The van der Waals surface area contributed by atoms with Crippen molar-refractivity contribution >= 4 is 12.0 Å². The van der Waals surface area contributed by atoms with Crippen LogP contribution in [0, 0.1) is 0 Å². The Morgan fingerprint density at radius 3 is 2.82 bits per heavy atom. The van der Waals surface area contributed by atoms with E-state index in [-0.39, 0.29) is 30.1 Å². The fourth-order valence-corrected chi connectivity index (χ4v) is 1.86. The summed E-state index contributed by atoms with van der Waals surface area (Å²) in [4.78, 5) is 23.4. The average molecular weight is 247 g/mol. The average Bonchev–Trinajstić information content (AvgIpc) is 2.30. The number of amides is 2. The Hall–Kier alpha value is -1.18. The van der Waals surface area contributed by atoms with Gasteiger partial charge in [-0.3, -0.25) is 0 Å². The lowest BCUT2D eigenvalue weighted by molar-refractivity contribution is -0.878. The zero-order valence-electron chi connectivity index (χ0n) is 10.4. The first-order valence-corrected chi connectivity index (χ1v) is 5.35. The molecule has 2 atom stereocenters. The maximum absolute atomic E-state index is 11.8. The summed E-state index contributed by atoms with van der Waals surface area (Å²) in [5, 5.41) is 2.71. The summed E-state index contributed by atoms with van der Waals surface area (Å²) in [6, 6.07) is -0.238. The lowest BCUT2D eigenvalue weighted by Crippen LogP contribution is -2.66. The molecule has 7 heteroatoms. The highest BCUT2D eigenvalue weighted by molar-refractivity contribution is 5.75. The summed E-state index contributed by atoms with van der Waals surface area (Å²) in [7, 11) is 4.60. The van der Waals surface area contributed by atoms with Crippen molar-refractivity contribution in [3.05, 3.63) is 0 Å². The Morgan fingerprint density at radius 1 is 1.53 bits per heavy atom. The number of hydrogen-bond donors (Lipinski definition) is 1. The van der Waals surface area contributed by atoms with Gasteiger partial charge in [-0.25, -0.2) is 14.1 Å². The molecule has 0 bridgehead atoms. The lowest BCUT2D eigenvalue weighted by Gasteiger charge is -2.39. The zero-order valence-corrected chi connectivity index (χ0v) is 10.4. The second kappa shape index (κ2) is 5.95. The van der Waals surface area contributed by atoms with Gasteiger partial charge in [-0.05, 0) is 0 Å². The highest BCUT2D eigenvalue weighted by Gasteiger charge is 2.45. The minimum atomic E-state index is -0.492. The normalized spacial score (nSPS) is 28.6. The molecule has 0 aromatic heterocycles. The Bertz CT molecular complexity index is 296. The van der Waals surface area contributed by atoms with Crippen molar-refractivity contribution in [3.63, 3.8) is 0 Å². The molecule has 1 aliphatic heterocycles. The second-order valence-electron chi connectivity index (χ2n) is 4.06. The van der Waals surface area contributed by atoms with Crippen LogP contribution in [0.1, 0.15) is 6.42 Å². The summed E-state index contributed by atoms with van der Waals surface area (Å²) in [6.45, 7) is 0.365. The van der Waals surface area contributed by atoms with E-state index in [1.54, 1.807) is 7.05 Å². The molecule has 0 spiro atoms. The van der Waals surface area contributed by atoms with Gasteiger partial charge in [0.15, 0.2) is 13.3 Å². The number of nitrogens with zero attached hydrogens (tertiary/aromatic N) is 1. The number of carbonyl (C=O) groups is 2. The van der Waals surface area contributed by atoms with Gasteiger partial charge in [-0.1, -0.05) is 0 Å². The predicted octanol–water partition coefficient (Wildman–Crippen LogP) is -0.334. The number of rotatable bonds is 5. The van der Waals surface area contributed by atoms with E-state index < -0.39 is 5.97 Å². The van der Waals surface area contributed by atoms with Crippen LogP contribution in [-0.4, -0.2) is 63.9 Å². The minimum absolute atomic E-state index is 0.0757. The molecule has 1 aliphatic rings. The Kier molecular flexibility index (Phi) is 4.86. The third-order valence-electron chi connectivity index (χ3n) is 2.83. The molecule has 2 unspecified atom stereocenters. The van der Waals surface area contributed by atoms with Crippen molar-refractivity contribution in [2.24, 2.45) is 0 Å². The molecular formula is C10H19N2O5+. The van der Waals surface area contributed by atoms with Crippen molar-refractivity contribution in [1.82, 2.24) is 5.32 Å². The molecule has 1 heterocycles. The predicted molar refractivity (Wildman–Crippen MR) is 57.8 cm³/mol. The number of methoxy groups -OCH3 is 2. The van der Waals surface area contributed by atoms with Gasteiger partial charge in [-0.15, -0.1) is 0 Å². The number of esters is 1. The van der Waals surface area contributed by atoms with E-state index in [4.69, 9.17) is 9.47 Å². The van der Waals surface area contributed by atoms with Crippen molar-refractivity contribution in [1.29, 1.82) is 0 Å². The first kappa shape index (κ1) is 13.9. The van der Waals surface area contributed by atoms with Gasteiger partial charge in [0, 0.05) is 27.2 Å². The van der Waals surface area contributed by atoms with Crippen LogP contribution >= 0.6 is 0 Å². The number of nitrogens with one attached hydrogen (secondary N) is 1. The standard InChI is InChI=1S/C10H18N2O5/c1-12(6-9(13)17-7-15-2)8(16-3)4-5-11-10(12)14/h8H,4-7H2,1-3H3/p+1. The molecule has 1 N–H and O–H groups in total. The molecule has 0 aliphatic carbocycles. The fraction of sp³-hybridized carbons (Fsp3) is 0.800. The van der Waals surface area contributed by atoms with Crippen LogP contribution in [-0.2, 0) is 19.0 Å². The molecule has 0 aromatic rings. The maximum Gasteiger partial charge on any atom is 0.418 e. The highest BCUT2D eigenvalue weighted by atomic mass is 16.7. The van der Waals surface area contributed by atoms with E-state index in [1.165, 1.54) is 14.2 Å². The van der Waals surface area contributed by atoms with E-state index in [1.807, 2.05) is 0 Å². The van der Waals surface area contributed by atoms with Crippen LogP contribution in [0.15, 0.2) is 0 Å². The van der Waals surface area contributed by atoms with Crippen LogP contribution in [0.4, 0.5) is 4.79 Å². The molecule has 0 aromatic carbocycles. The molecule has 98 valence electrons. The molecule has 1 saturated heterocycles. The molecule has 2 amide bonds. The number of carbonyl (C=O) groups excluding carboxylic acids is 2. The van der Waals surface area contributed by atoms with Crippen molar-refractivity contribution < 1.29 is 28.3 Å². The van der Waals surface area contributed by atoms with E-state index in [0.29, 0.717) is 13.0 Å². The highest BCUT2D eigenvalue weighted by Crippen LogP contribution is 2.19. The van der Waals surface area contributed by atoms with E-state index in [9.17, 15) is 9.59 Å². The minimum Gasteiger partial charge on any atom is -0.434 e. The van der Waals surface area contributed by atoms with E-state index >= 15 is 0 Å². The first-order chi connectivity index (χ1) is 8.04. The number of urea groups is 1. The van der Waals surface area contributed by atoms with Gasteiger partial charge in [0.05, 0.1) is 7.05 Å². The molecule has 1 rings (SSSR count). The first-order valence-electron chi connectivity index (χ1n) is 5.35. The van der Waals surface area contributed by atoms with Crippen molar-refractivity contribution in [3.8, 4) is 0 Å². The van der Waals surface area contributed by atoms with Crippen molar-refractivity contribution in [2.75, 3.05) is 41.1 Å². The van der Waals surface area contributed by atoms with Gasteiger partial charge in [-0.2, -0.15) is 0 Å². The molecule has 0 radical (unpaired) electrons. The van der Waals surface area contributed by atoms with Crippen LogP contribution in [0.25, 0.3) is 0 Å². The number of ether oxygens (including phenoxy) is 3. The molecular weight excluding hydrogens is 228 g/mol. The molecule has 7 nitrogen and oxygen atoms in total. The third-order valence-corrected chi connectivity index (χ3v) is 2.83. The fourth-order valence-electron chi connectivity index (χ4n) is 1.86. The zero-order chi connectivity index (χ0) is 12.9. The van der Waals surface area contributed by atoms with E-state index in [0.717, 1.165) is 0 Å². The molecule has 17 heavy (non-hydrogen) atoms. The van der Waals surface area contributed by atoms with Crippen LogP contribution in [0.3, 0.4) is 0 Å².